The van der Waals surface area contributed by atoms with Gasteiger partial charge in [-0.2, -0.15) is 0 Å². The van der Waals surface area contributed by atoms with E-state index in [4.69, 9.17) is 0 Å². The molecule has 0 atom stereocenters. The van der Waals surface area contributed by atoms with Crippen molar-refractivity contribution in [3.8, 4) is 0 Å². The van der Waals surface area contributed by atoms with Crippen molar-refractivity contribution in [3.63, 3.8) is 0 Å². The third-order valence-corrected chi connectivity index (χ3v) is 5.33. The zero-order valence-corrected chi connectivity index (χ0v) is 12.7. The summed E-state index contributed by atoms with van der Waals surface area (Å²) in [7, 11) is -4.22. The summed E-state index contributed by atoms with van der Waals surface area (Å²) in [5.74, 6) is -1.35. The Morgan fingerprint density at radius 3 is 2.48 bits per heavy atom. The summed E-state index contributed by atoms with van der Waals surface area (Å²) in [6, 6.07) is 7.20. The Morgan fingerprint density at radius 1 is 1.04 bits per heavy atom. The number of sulfone groups is 1. The average molecular weight is 335 g/mol. The van der Waals surface area contributed by atoms with Crippen LogP contribution in [0.4, 0.5) is 8.78 Å². The molecule has 0 aliphatic rings. The first-order chi connectivity index (χ1) is 10.8. The highest BCUT2D eigenvalue weighted by Gasteiger charge is 2.23. The first kappa shape index (κ1) is 15.4. The number of aromatic nitrogens is 1. The van der Waals surface area contributed by atoms with Gasteiger partial charge in [0.15, 0.2) is 0 Å². The summed E-state index contributed by atoms with van der Waals surface area (Å²) in [4.78, 5) is 14.0. The summed E-state index contributed by atoms with van der Waals surface area (Å²) in [5.41, 5.74) is -0.621. The Labute approximate surface area is 130 Å². The number of halogens is 2. The molecule has 0 saturated carbocycles. The number of fused-ring (bicyclic) bond motifs is 1. The molecular formula is C16H11F2NO3S. The lowest BCUT2D eigenvalue weighted by Crippen LogP contribution is -2.16. The summed E-state index contributed by atoms with van der Waals surface area (Å²) >= 11 is 0. The SMILES string of the molecule is Cc1ccc(S(=O)(=O)c2c[nH]c3c(F)cccc3c2=O)cc1F. The van der Waals surface area contributed by atoms with E-state index < -0.39 is 31.8 Å². The highest BCUT2D eigenvalue weighted by Crippen LogP contribution is 2.22. The number of aromatic amines is 1. The van der Waals surface area contributed by atoms with Crippen LogP contribution in [-0.4, -0.2) is 13.4 Å². The normalized spacial score (nSPS) is 11.8. The number of hydrogen-bond acceptors (Lipinski definition) is 3. The maximum atomic E-state index is 13.6. The van der Waals surface area contributed by atoms with E-state index in [2.05, 4.69) is 4.98 Å². The monoisotopic (exact) mass is 335 g/mol. The van der Waals surface area contributed by atoms with Crippen molar-refractivity contribution in [1.82, 2.24) is 4.98 Å². The standard InChI is InChI=1S/C16H11F2NO3S/c1-9-5-6-10(7-13(9)18)23(21,22)14-8-19-15-11(16(14)20)3-2-4-12(15)17/h2-8H,1H3,(H,19,20). The van der Waals surface area contributed by atoms with Crippen molar-refractivity contribution in [2.75, 3.05) is 0 Å². The number of nitrogens with one attached hydrogen (secondary N) is 1. The van der Waals surface area contributed by atoms with Crippen molar-refractivity contribution in [1.29, 1.82) is 0 Å². The van der Waals surface area contributed by atoms with E-state index in [0.29, 0.717) is 5.56 Å². The van der Waals surface area contributed by atoms with Gasteiger partial charge in [0, 0.05) is 11.6 Å². The second-order valence-electron chi connectivity index (χ2n) is 5.06. The van der Waals surface area contributed by atoms with Crippen LogP contribution in [-0.2, 0) is 9.84 Å². The molecule has 0 saturated heterocycles. The van der Waals surface area contributed by atoms with Crippen molar-refractivity contribution in [2.24, 2.45) is 0 Å². The summed E-state index contributed by atoms with van der Waals surface area (Å²) in [6.45, 7) is 1.50. The number of para-hydroxylation sites is 1. The number of benzene rings is 2. The van der Waals surface area contributed by atoms with Gasteiger partial charge in [-0.3, -0.25) is 4.79 Å². The van der Waals surface area contributed by atoms with Gasteiger partial charge in [-0.1, -0.05) is 12.1 Å². The predicted molar refractivity (Wildman–Crippen MR) is 81.1 cm³/mol. The zero-order chi connectivity index (χ0) is 16.8. The highest BCUT2D eigenvalue weighted by molar-refractivity contribution is 7.91. The molecule has 0 fully saturated rings. The Kier molecular flexibility index (Phi) is 3.52. The molecule has 0 unspecified atom stereocenters. The van der Waals surface area contributed by atoms with Crippen LogP contribution >= 0.6 is 0 Å². The van der Waals surface area contributed by atoms with E-state index in [1.165, 1.54) is 31.2 Å². The quantitative estimate of drug-likeness (QED) is 0.783. The molecule has 3 rings (SSSR count). The van der Waals surface area contributed by atoms with Gasteiger partial charge in [-0.25, -0.2) is 17.2 Å². The average Bonchev–Trinajstić information content (AvgIpc) is 2.51. The molecule has 0 radical (unpaired) electrons. The summed E-state index contributed by atoms with van der Waals surface area (Å²) in [5, 5.41) is -0.0846. The number of aryl methyl sites for hydroxylation is 1. The van der Waals surface area contributed by atoms with Gasteiger partial charge in [0.05, 0.1) is 10.4 Å². The summed E-state index contributed by atoms with van der Waals surface area (Å²) in [6.07, 6.45) is 0.931. The third-order valence-electron chi connectivity index (χ3n) is 3.57. The van der Waals surface area contributed by atoms with Crippen LogP contribution in [0.2, 0.25) is 0 Å². The largest absolute Gasteiger partial charge is 0.357 e. The lowest BCUT2D eigenvalue weighted by molar-refractivity contribution is 0.588. The lowest BCUT2D eigenvalue weighted by atomic mass is 10.2. The van der Waals surface area contributed by atoms with Crippen molar-refractivity contribution in [2.45, 2.75) is 16.7 Å². The molecule has 1 N–H and O–H groups in total. The second kappa shape index (κ2) is 5.27. The third kappa shape index (κ3) is 2.43. The van der Waals surface area contributed by atoms with E-state index in [1.54, 1.807) is 0 Å². The molecule has 0 bridgehead atoms. The molecule has 23 heavy (non-hydrogen) atoms. The molecule has 0 aliphatic carbocycles. The summed E-state index contributed by atoms with van der Waals surface area (Å²) < 4.78 is 52.4. The van der Waals surface area contributed by atoms with Gasteiger partial charge in [0.2, 0.25) is 15.3 Å². The second-order valence-corrected chi connectivity index (χ2v) is 6.98. The van der Waals surface area contributed by atoms with Gasteiger partial charge in [0.25, 0.3) is 0 Å². The first-order valence-corrected chi connectivity index (χ1v) is 8.12. The smallest absolute Gasteiger partial charge is 0.212 e. The van der Waals surface area contributed by atoms with Crippen LogP contribution in [0.15, 0.2) is 57.2 Å². The van der Waals surface area contributed by atoms with Crippen LogP contribution in [0.25, 0.3) is 10.9 Å². The van der Waals surface area contributed by atoms with E-state index in [9.17, 15) is 22.0 Å². The number of rotatable bonds is 2. The Morgan fingerprint density at radius 2 is 1.78 bits per heavy atom. The molecule has 0 spiro atoms. The molecule has 7 heteroatoms. The van der Waals surface area contributed by atoms with E-state index in [-0.39, 0.29) is 15.8 Å². The van der Waals surface area contributed by atoms with Gasteiger partial charge in [0.1, 0.15) is 16.5 Å². The lowest BCUT2D eigenvalue weighted by Gasteiger charge is -2.07. The molecule has 2 aromatic carbocycles. The predicted octanol–water partition coefficient (Wildman–Crippen LogP) is 2.95. The molecule has 3 aromatic rings. The molecule has 0 amide bonds. The Balaban J connectivity index is 2.29. The molecular weight excluding hydrogens is 324 g/mol. The molecule has 0 aliphatic heterocycles. The fourth-order valence-corrected chi connectivity index (χ4v) is 3.59. The molecule has 1 aromatic heterocycles. The Hall–Kier alpha value is -2.54. The molecule has 118 valence electrons. The first-order valence-electron chi connectivity index (χ1n) is 6.63. The van der Waals surface area contributed by atoms with Gasteiger partial charge in [-0.05, 0) is 36.8 Å². The number of H-pyrrole nitrogens is 1. The van der Waals surface area contributed by atoms with Crippen LogP contribution < -0.4 is 5.43 Å². The maximum Gasteiger partial charge on any atom is 0.212 e. The highest BCUT2D eigenvalue weighted by atomic mass is 32.2. The van der Waals surface area contributed by atoms with E-state index >= 15 is 0 Å². The minimum absolute atomic E-state index is 0.0773. The van der Waals surface area contributed by atoms with Crippen molar-refractivity contribution >= 4 is 20.7 Å². The number of pyridine rings is 1. The topological polar surface area (TPSA) is 67.0 Å². The van der Waals surface area contributed by atoms with Gasteiger partial charge >= 0.3 is 0 Å². The van der Waals surface area contributed by atoms with Gasteiger partial charge < -0.3 is 4.98 Å². The Bertz CT molecular complexity index is 1090. The zero-order valence-electron chi connectivity index (χ0n) is 11.9. The molecule has 4 nitrogen and oxygen atoms in total. The minimum atomic E-state index is -4.22. The fourth-order valence-electron chi connectivity index (χ4n) is 2.26. The van der Waals surface area contributed by atoms with Gasteiger partial charge in [-0.15, -0.1) is 0 Å². The van der Waals surface area contributed by atoms with Crippen LogP contribution in [0.5, 0.6) is 0 Å². The fraction of sp³-hybridized carbons (Fsp3) is 0.0625. The van der Waals surface area contributed by atoms with Crippen LogP contribution in [0, 0.1) is 18.6 Å². The molecule has 1 heterocycles. The van der Waals surface area contributed by atoms with Crippen LogP contribution in [0.3, 0.4) is 0 Å². The van der Waals surface area contributed by atoms with Crippen molar-refractivity contribution < 1.29 is 17.2 Å². The minimum Gasteiger partial charge on any atom is -0.357 e. The maximum absolute atomic E-state index is 13.6. The van der Waals surface area contributed by atoms with Crippen LogP contribution in [0.1, 0.15) is 5.56 Å². The van der Waals surface area contributed by atoms with E-state index in [1.807, 2.05) is 0 Å². The van der Waals surface area contributed by atoms with E-state index in [0.717, 1.165) is 18.3 Å². The van der Waals surface area contributed by atoms with Crippen molar-refractivity contribution in [3.05, 3.63) is 70.0 Å². The number of hydrogen-bond donors (Lipinski definition) is 1.